The second-order valence-electron chi connectivity index (χ2n) is 8.73. The highest BCUT2D eigenvalue weighted by molar-refractivity contribution is 5.86. The van der Waals surface area contributed by atoms with Crippen molar-refractivity contribution in [1.29, 1.82) is 0 Å². The fraction of sp³-hybridized carbons (Fsp3) is 0.360. The lowest BCUT2D eigenvalue weighted by atomic mass is 9.85. The minimum atomic E-state index is 0.158. The highest BCUT2D eigenvalue weighted by atomic mass is 15.4. The van der Waals surface area contributed by atoms with Gasteiger partial charge in [0.25, 0.3) is 0 Å². The van der Waals surface area contributed by atoms with E-state index in [9.17, 15) is 0 Å². The van der Waals surface area contributed by atoms with Crippen molar-refractivity contribution in [3.63, 3.8) is 0 Å². The molecule has 0 N–H and O–H groups in total. The summed E-state index contributed by atoms with van der Waals surface area (Å²) in [5.41, 5.74) is 4.41. The third-order valence-corrected chi connectivity index (χ3v) is 5.88. The zero-order chi connectivity index (χ0) is 19.0. The quantitative estimate of drug-likeness (QED) is 0.568. The molecule has 2 nitrogen and oxygen atoms in total. The van der Waals surface area contributed by atoms with Gasteiger partial charge >= 0.3 is 0 Å². The van der Waals surface area contributed by atoms with E-state index >= 15 is 0 Å². The maximum Gasteiger partial charge on any atom is 0.0713 e. The van der Waals surface area contributed by atoms with E-state index in [4.69, 9.17) is 0 Å². The molecule has 0 bridgehead atoms. The van der Waals surface area contributed by atoms with Gasteiger partial charge in [0.2, 0.25) is 0 Å². The van der Waals surface area contributed by atoms with Crippen molar-refractivity contribution >= 4 is 16.5 Å². The van der Waals surface area contributed by atoms with Crippen LogP contribution < -0.4 is 4.90 Å². The summed E-state index contributed by atoms with van der Waals surface area (Å²) in [6.07, 6.45) is 0. The fourth-order valence-electron chi connectivity index (χ4n) is 4.32. The molecule has 2 heteroatoms. The zero-order valence-electron chi connectivity index (χ0n) is 16.9. The molecule has 0 unspecified atom stereocenters. The van der Waals surface area contributed by atoms with Crippen LogP contribution in [-0.4, -0.2) is 24.7 Å². The van der Waals surface area contributed by atoms with Crippen molar-refractivity contribution in [3.05, 3.63) is 77.9 Å². The van der Waals surface area contributed by atoms with E-state index in [1.165, 1.54) is 27.6 Å². The van der Waals surface area contributed by atoms with E-state index in [0.29, 0.717) is 6.04 Å². The molecule has 0 saturated carbocycles. The summed E-state index contributed by atoms with van der Waals surface area (Å²) in [6.45, 7) is 12.4. The van der Waals surface area contributed by atoms with Crippen LogP contribution in [0.25, 0.3) is 10.8 Å². The minimum Gasteiger partial charge on any atom is -0.357 e. The van der Waals surface area contributed by atoms with Gasteiger partial charge in [0.05, 0.1) is 6.67 Å². The highest BCUT2D eigenvalue weighted by Gasteiger charge is 2.29. The monoisotopic (exact) mass is 358 g/mol. The summed E-state index contributed by atoms with van der Waals surface area (Å²) in [5, 5.41) is 2.71. The predicted molar refractivity (Wildman–Crippen MR) is 116 cm³/mol. The lowest BCUT2D eigenvalue weighted by molar-refractivity contribution is 0.267. The first-order valence-electron chi connectivity index (χ1n) is 10.0. The van der Waals surface area contributed by atoms with Gasteiger partial charge in [-0.05, 0) is 40.3 Å². The SMILES string of the molecule is C[C@@H](c1cccc2ccccc12)N1CCN(c2ccccc2C(C)(C)C)C1. The van der Waals surface area contributed by atoms with Crippen LogP contribution in [0.4, 0.5) is 5.69 Å². The van der Waals surface area contributed by atoms with Gasteiger partial charge in [-0.1, -0.05) is 81.4 Å². The molecule has 3 aromatic carbocycles. The number of hydrogen-bond donors (Lipinski definition) is 0. The van der Waals surface area contributed by atoms with Crippen molar-refractivity contribution in [2.24, 2.45) is 0 Å². The van der Waals surface area contributed by atoms with Crippen LogP contribution >= 0.6 is 0 Å². The Hall–Kier alpha value is -2.32. The number of para-hydroxylation sites is 1. The van der Waals surface area contributed by atoms with Crippen molar-refractivity contribution in [3.8, 4) is 0 Å². The third-order valence-electron chi connectivity index (χ3n) is 5.88. The molecule has 0 aliphatic carbocycles. The van der Waals surface area contributed by atoms with Crippen LogP contribution in [0.2, 0.25) is 0 Å². The number of benzene rings is 3. The second kappa shape index (κ2) is 7.01. The Balaban J connectivity index is 1.60. The first kappa shape index (κ1) is 18.1. The van der Waals surface area contributed by atoms with E-state index in [2.05, 4.69) is 104 Å². The number of hydrogen-bond acceptors (Lipinski definition) is 2. The maximum atomic E-state index is 2.60. The molecule has 1 atom stereocenters. The molecule has 1 aliphatic heterocycles. The normalized spacial score (nSPS) is 16.8. The van der Waals surface area contributed by atoms with Gasteiger partial charge in [0.1, 0.15) is 0 Å². The number of nitrogens with zero attached hydrogens (tertiary/aromatic N) is 2. The van der Waals surface area contributed by atoms with Crippen LogP contribution in [0.1, 0.15) is 44.9 Å². The molecule has 140 valence electrons. The summed E-state index contributed by atoms with van der Waals surface area (Å²) in [5.74, 6) is 0. The topological polar surface area (TPSA) is 6.48 Å². The maximum absolute atomic E-state index is 2.60. The number of anilines is 1. The largest absolute Gasteiger partial charge is 0.357 e. The minimum absolute atomic E-state index is 0.158. The summed E-state index contributed by atoms with van der Waals surface area (Å²) in [4.78, 5) is 5.14. The van der Waals surface area contributed by atoms with Crippen molar-refractivity contribution in [1.82, 2.24) is 4.90 Å². The van der Waals surface area contributed by atoms with Crippen LogP contribution in [0.15, 0.2) is 66.7 Å². The summed E-state index contributed by atoms with van der Waals surface area (Å²) in [6, 6.07) is 24.7. The smallest absolute Gasteiger partial charge is 0.0713 e. The number of fused-ring (bicyclic) bond motifs is 1. The van der Waals surface area contributed by atoms with Crippen molar-refractivity contribution in [2.75, 3.05) is 24.7 Å². The molecule has 1 fully saturated rings. The molecule has 0 amide bonds. The highest BCUT2D eigenvalue weighted by Crippen LogP contribution is 2.35. The van der Waals surface area contributed by atoms with E-state index in [0.717, 1.165) is 19.8 Å². The van der Waals surface area contributed by atoms with Gasteiger partial charge < -0.3 is 4.90 Å². The van der Waals surface area contributed by atoms with Gasteiger partial charge in [-0.3, -0.25) is 4.90 Å². The molecule has 1 aliphatic rings. The molecule has 3 aromatic rings. The Morgan fingerprint density at radius 1 is 0.815 bits per heavy atom. The average Bonchev–Trinajstić information content (AvgIpc) is 3.16. The fourth-order valence-corrected chi connectivity index (χ4v) is 4.32. The van der Waals surface area contributed by atoms with Crippen LogP contribution in [0.5, 0.6) is 0 Å². The molecule has 0 aromatic heterocycles. The molecule has 1 heterocycles. The Bertz CT molecular complexity index is 933. The molecule has 0 spiro atoms. The van der Waals surface area contributed by atoms with Gasteiger partial charge in [0.15, 0.2) is 0 Å². The van der Waals surface area contributed by atoms with Gasteiger partial charge in [-0.25, -0.2) is 0 Å². The molecular weight excluding hydrogens is 328 g/mol. The Morgan fingerprint density at radius 2 is 1.52 bits per heavy atom. The van der Waals surface area contributed by atoms with Crippen LogP contribution in [0, 0.1) is 0 Å². The Labute approximate surface area is 163 Å². The molecular formula is C25H30N2. The van der Waals surface area contributed by atoms with E-state index in [1.807, 2.05) is 0 Å². The van der Waals surface area contributed by atoms with E-state index in [-0.39, 0.29) is 5.41 Å². The van der Waals surface area contributed by atoms with Crippen molar-refractivity contribution in [2.45, 2.75) is 39.2 Å². The Morgan fingerprint density at radius 3 is 2.33 bits per heavy atom. The van der Waals surface area contributed by atoms with Crippen LogP contribution in [-0.2, 0) is 5.41 Å². The predicted octanol–water partition coefficient (Wildman–Crippen LogP) is 5.98. The zero-order valence-corrected chi connectivity index (χ0v) is 16.9. The van der Waals surface area contributed by atoms with Crippen molar-refractivity contribution < 1.29 is 0 Å². The Kier molecular flexibility index (Phi) is 4.69. The standard InChI is InChI=1S/C25H30N2/c1-19(21-13-9-11-20-10-5-6-12-22(20)21)26-16-17-27(18-26)24-15-8-7-14-23(24)25(2,3)4/h5-15,19H,16-18H2,1-4H3/t19-/m0/s1. The molecule has 27 heavy (non-hydrogen) atoms. The second-order valence-corrected chi connectivity index (χ2v) is 8.73. The third kappa shape index (κ3) is 3.46. The summed E-state index contributed by atoms with van der Waals surface area (Å²) in [7, 11) is 0. The lowest BCUT2D eigenvalue weighted by Gasteiger charge is -2.30. The molecule has 1 saturated heterocycles. The van der Waals surface area contributed by atoms with Gasteiger partial charge in [-0.2, -0.15) is 0 Å². The molecule has 4 rings (SSSR count). The number of rotatable bonds is 3. The lowest BCUT2D eigenvalue weighted by Crippen LogP contribution is -2.29. The van der Waals surface area contributed by atoms with Crippen LogP contribution in [0.3, 0.4) is 0 Å². The average molecular weight is 359 g/mol. The molecule has 0 radical (unpaired) electrons. The van der Waals surface area contributed by atoms with Gasteiger partial charge in [-0.15, -0.1) is 0 Å². The first-order valence-corrected chi connectivity index (χ1v) is 10.0. The summed E-state index contributed by atoms with van der Waals surface area (Å²) >= 11 is 0. The van der Waals surface area contributed by atoms with Gasteiger partial charge in [0, 0.05) is 24.8 Å². The van der Waals surface area contributed by atoms with E-state index in [1.54, 1.807) is 0 Å². The van der Waals surface area contributed by atoms with E-state index < -0.39 is 0 Å². The first-order chi connectivity index (χ1) is 12.9. The summed E-state index contributed by atoms with van der Waals surface area (Å²) < 4.78 is 0.